The van der Waals surface area contributed by atoms with Gasteiger partial charge in [-0.05, 0) is 60.5 Å². The van der Waals surface area contributed by atoms with Gasteiger partial charge in [-0.1, -0.05) is 38.1 Å². The van der Waals surface area contributed by atoms with E-state index in [1.54, 1.807) is 19.1 Å². The summed E-state index contributed by atoms with van der Waals surface area (Å²) in [5.74, 6) is -0.620. The number of hydrogen-bond acceptors (Lipinski definition) is 5. The zero-order valence-electron chi connectivity index (χ0n) is 17.5. The Balaban J connectivity index is 1.95. The second kappa shape index (κ2) is 11.0. The van der Waals surface area contributed by atoms with Crippen LogP contribution in [0.3, 0.4) is 0 Å². The number of nitrogens with one attached hydrogen (secondary N) is 3. The van der Waals surface area contributed by atoms with Gasteiger partial charge in [0.05, 0.1) is 17.0 Å². The molecule has 0 aromatic heterocycles. The molecule has 2 aromatic rings. The third kappa shape index (κ3) is 7.74. The first-order valence-corrected chi connectivity index (χ1v) is 11.5. The van der Waals surface area contributed by atoms with Crippen molar-refractivity contribution in [3.05, 3.63) is 59.7 Å². The topological polar surface area (TPSA) is 120 Å². The molecular weight excluding hydrogens is 436 g/mol. The summed E-state index contributed by atoms with van der Waals surface area (Å²) in [6.45, 7) is 5.85. The first-order valence-electron chi connectivity index (χ1n) is 9.61. The van der Waals surface area contributed by atoms with E-state index in [1.807, 2.05) is 24.3 Å². The molecule has 0 saturated heterocycles. The van der Waals surface area contributed by atoms with Gasteiger partial charge in [-0.3, -0.25) is 10.2 Å². The van der Waals surface area contributed by atoms with Crippen molar-refractivity contribution in [1.29, 1.82) is 0 Å². The van der Waals surface area contributed by atoms with Gasteiger partial charge in [-0.15, -0.1) is 0 Å². The SMILES string of the molecule is C/C(=N\NC(=S)Nc1ccc(C(C)C)cc1)c1ccc(S(=O)(=O)NCCC(=O)O)cc1. The van der Waals surface area contributed by atoms with Gasteiger partial charge >= 0.3 is 5.97 Å². The minimum atomic E-state index is -3.77. The second-order valence-electron chi connectivity index (χ2n) is 7.11. The van der Waals surface area contributed by atoms with E-state index in [2.05, 4.69) is 34.4 Å². The molecule has 10 heteroatoms. The summed E-state index contributed by atoms with van der Waals surface area (Å²) in [6.07, 6.45) is -0.287. The molecule has 0 aliphatic rings. The second-order valence-corrected chi connectivity index (χ2v) is 9.28. The van der Waals surface area contributed by atoms with Crippen LogP contribution < -0.4 is 15.5 Å². The molecule has 0 fully saturated rings. The van der Waals surface area contributed by atoms with Crippen LogP contribution in [0.4, 0.5) is 5.69 Å². The Bertz CT molecular complexity index is 1050. The summed E-state index contributed by atoms with van der Waals surface area (Å²) in [6, 6.07) is 14.1. The molecule has 4 N–H and O–H groups in total. The molecule has 166 valence electrons. The number of hydrazone groups is 1. The minimum Gasteiger partial charge on any atom is -0.481 e. The van der Waals surface area contributed by atoms with E-state index in [1.165, 1.54) is 17.7 Å². The first-order chi connectivity index (χ1) is 14.6. The molecule has 2 rings (SSSR count). The van der Waals surface area contributed by atoms with Gasteiger partial charge in [0.15, 0.2) is 5.11 Å². The van der Waals surface area contributed by atoms with Gasteiger partial charge in [-0.2, -0.15) is 5.10 Å². The Morgan fingerprint density at radius 3 is 2.26 bits per heavy atom. The predicted octanol–water partition coefficient (Wildman–Crippen LogP) is 3.27. The smallest absolute Gasteiger partial charge is 0.304 e. The lowest BCUT2D eigenvalue weighted by atomic mass is 10.0. The lowest BCUT2D eigenvalue weighted by Gasteiger charge is -2.10. The Kier molecular flexibility index (Phi) is 8.66. The Morgan fingerprint density at radius 2 is 1.71 bits per heavy atom. The fraction of sp³-hybridized carbons (Fsp3) is 0.286. The normalized spacial score (nSPS) is 11.9. The van der Waals surface area contributed by atoms with E-state index < -0.39 is 16.0 Å². The highest BCUT2D eigenvalue weighted by Gasteiger charge is 2.14. The molecule has 0 heterocycles. The van der Waals surface area contributed by atoms with Gasteiger partial charge in [0, 0.05) is 12.2 Å². The van der Waals surface area contributed by atoms with E-state index in [0.29, 0.717) is 22.3 Å². The molecule has 2 aromatic carbocycles. The zero-order valence-corrected chi connectivity index (χ0v) is 19.2. The highest BCUT2D eigenvalue weighted by molar-refractivity contribution is 7.89. The molecule has 0 aliphatic heterocycles. The molecule has 0 radical (unpaired) electrons. The Labute approximate surface area is 187 Å². The monoisotopic (exact) mass is 462 g/mol. The molecule has 0 aliphatic carbocycles. The molecule has 0 atom stereocenters. The summed E-state index contributed by atoms with van der Waals surface area (Å²) in [5.41, 5.74) is 6.18. The molecule has 0 unspecified atom stereocenters. The summed E-state index contributed by atoms with van der Waals surface area (Å²) >= 11 is 5.26. The minimum absolute atomic E-state index is 0.0458. The first kappa shape index (κ1) is 24.4. The number of hydrogen-bond donors (Lipinski definition) is 4. The number of aliphatic carboxylic acids is 1. The van der Waals surface area contributed by atoms with Crippen LogP contribution in [0.2, 0.25) is 0 Å². The molecule has 0 bridgehead atoms. The highest BCUT2D eigenvalue weighted by atomic mass is 32.2. The van der Waals surface area contributed by atoms with E-state index in [0.717, 1.165) is 5.69 Å². The van der Waals surface area contributed by atoms with Crippen LogP contribution in [0.25, 0.3) is 0 Å². The third-order valence-corrected chi connectivity index (χ3v) is 6.04. The van der Waals surface area contributed by atoms with Crippen molar-refractivity contribution in [2.45, 2.75) is 38.0 Å². The van der Waals surface area contributed by atoms with Gasteiger partial charge in [0.2, 0.25) is 10.0 Å². The maximum atomic E-state index is 12.2. The highest BCUT2D eigenvalue weighted by Crippen LogP contribution is 2.17. The maximum absolute atomic E-state index is 12.2. The number of carbonyl (C=O) groups is 1. The number of nitrogens with zero attached hydrogens (tertiary/aromatic N) is 1. The van der Waals surface area contributed by atoms with Crippen LogP contribution >= 0.6 is 12.2 Å². The van der Waals surface area contributed by atoms with Crippen molar-refractivity contribution in [3.8, 4) is 0 Å². The Morgan fingerprint density at radius 1 is 1.10 bits per heavy atom. The van der Waals surface area contributed by atoms with Crippen LogP contribution in [0.1, 0.15) is 44.2 Å². The molecule has 0 spiro atoms. The van der Waals surface area contributed by atoms with Crippen LogP contribution in [-0.4, -0.2) is 36.9 Å². The number of sulfonamides is 1. The number of anilines is 1. The lowest BCUT2D eigenvalue weighted by Crippen LogP contribution is -2.26. The summed E-state index contributed by atoms with van der Waals surface area (Å²) in [4.78, 5) is 10.6. The van der Waals surface area contributed by atoms with Crippen LogP contribution in [-0.2, 0) is 14.8 Å². The van der Waals surface area contributed by atoms with E-state index >= 15 is 0 Å². The summed E-state index contributed by atoms with van der Waals surface area (Å²) < 4.78 is 26.6. The van der Waals surface area contributed by atoms with Gasteiger partial charge in [-0.25, -0.2) is 13.1 Å². The quantitative estimate of drug-likeness (QED) is 0.256. The number of benzene rings is 2. The zero-order chi connectivity index (χ0) is 23.0. The summed E-state index contributed by atoms with van der Waals surface area (Å²) in [7, 11) is -3.77. The van der Waals surface area contributed by atoms with Crippen LogP contribution in [0, 0.1) is 0 Å². The fourth-order valence-electron chi connectivity index (χ4n) is 2.56. The van der Waals surface area contributed by atoms with E-state index in [4.69, 9.17) is 17.3 Å². The van der Waals surface area contributed by atoms with Crippen LogP contribution in [0.5, 0.6) is 0 Å². The predicted molar refractivity (Wildman–Crippen MR) is 126 cm³/mol. The van der Waals surface area contributed by atoms with Crippen molar-refractivity contribution in [2.24, 2.45) is 5.10 Å². The summed E-state index contributed by atoms with van der Waals surface area (Å²) in [5, 5.41) is 16.2. The number of carboxylic acids is 1. The van der Waals surface area contributed by atoms with Crippen molar-refractivity contribution >= 4 is 44.7 Å². The number of thiocarbonyl (C=S) groups is 1. The number of carboxylic acid groups (broad SMARTS) is 1. The third-order valence-electron chi connectivity index (χ3n) is 4.37. The Hall–Kier alpha value is -2.82. The standard InChI is InChI=1S/C21H26N4O4S2/c1-14(2)16-4-8-18(9-5-16)23-21(30)25-24-15(3)17-6-10-19(11-7-17)31(28,29)22-13-12-20(26)27/h4-11,14,22H,12-13H2,1-3H3,(H,26,27)(H2,23,25,30)/b24-15+. The molecule has 31 heavy (non-hydrogen) atoms. The van der Waals surface area contributed by atoms with Gasteiger partial charge in [0.1, 0.15) is 0 Å². The van der Waals surface area contributed by atoms with Crippen LogP contribution in [0.15, 0.2) is 58.5 Å². The molecule has 0 amide bonds. The van der Waals surface area contributed by atoms with Crippen molar-refractivity contribution in [3.63, 3.8) is 0 Å². The van der Waals surface area contributed by atoms with Crippen molar-refractivity contribution in [1.82, 2.24) is 10.1 Å². The molecule has 8 nitrogen and oxygen atoms in total. The number of rotatable bonds is 9. The average Bonchev–Trinajstić information content (AvgIpc) is 2.72. The van der Waals surface area contributed by atoms with Gasteiger partial charge < -0.3 is 10.4 Å². The van der Waals surface area contributed by atoms with Crippen molar-refractivity contribution < 1.29 is 18.3 Å². The van der Waals surface area contributed by atoms with E-state index in [9.17, 15) is 13.2 Å². The fourth-order valence-corrected chi connectivity index (χ4v) is 3.76. The maximum Gasteiger partial charge on any atom is 0.304 e. The average molecular weight is 463 g/mol. The molecule has 0 saturated carbocycles. The largest absolute Gasteiger partial charge is 0.481 e. The van der Waals surface area contributed by atoms with Gasteiger partial charge in [0.25, 0.3) is 0 Å². The van der Waals surface area contributed by atoms with E-state index in [-0.39, 0.29) is 17.9 Å². The molecular formula is C21H26N4O4S2. The van der Waals surface area contributed by atoms with Crippen molar-refractivity contribution in [2.75, 3.05) is 11.9 Å². The lowest BCUT2D eigenvalue weighted by molar-refractivity contribution is -0.136.